The van der Waals surface area contributed by atoms with Crippen LogP contribution in [0, 0.1) is 5.41 Å². The molecule has 0 aromatic rings. The molecule has 0 aromatic heterocycles. The number of hydrogen-bond acceptors (Lipinski definition) is 2. The summed E-state index contributed by atoms with van der Waals surface area (Å²) in [6, 6.07) is 0.596. The van der Waals surface area contributed by atoms with E-state index < -0.39 is 0 Å². The van der Waals surface area contributed by atoms with Crippen molar-refractivity contribution in [3.05, 3.63) is 0 Å². The highest BCUT2D eigenvalue weighted by atomic mass is 15.3. The molecule has 0 bridgehead atoms. The van der Waals surface area contributed by atoms with Crippen LogP contribution in [-0.2, 0) is 0 Å². The van der Waals surface area contributed by atoms with Gasteiger partial charge in [0.25, 0.3) is 0 Å². The first-order valence-electron chi connectivity index (χ1n) is 5.02. The van der Waals surface area contributed by atoms with Crippen LogP contribution in [0.2, 0.25) is 0 Å². The fourth-order valence-corrected chi connectivity index (χ4v) is 2.00. The van der Waals surface area contributed by atoms with E-state index in [2.05, 4.69) is 18.7 Å². The predicted molar refractivity (Wildman–Crippen MR) is 54.8 cm³/mol. The van der Waals surface area contributed by atoms with Crippen LogP contribution < -0.4 is 5.73 Å². The second kappa shape index (κ2) is 4.46. The Morgan fingerprint density at radius 1 is 1.54 bits per heavy atom. The van der Waals surface area contributed by atoms with E-state index in [1.807, 2.05) is 4.90 Å². The van der Waals surface area contributed by atoms with Crippen LogP contribution in [0.3, 0.4) is 0 Å². The first kappa shape index (κ1) is 10.3. The highest BCUT2D eigenvalue weighted by Gasteiger charge is 2.26. The average molecular weight is 184 g/mol. The average Bonchev–Trinajstić information content (AvgIpc) is 2.56. The summed E-state index contributed by atoms with van der Waals surface area (Å²) in [7, 11) is 0. The van der Waals surface area contributed by atoms with Gasteiger partial charge in [0.05, 0.1) is 0 Å². The van der Waals surface area contributed by atoms with Crippen molar-refractivity contribution in [3.63, 3.8) is 0 Å². The summed E-state index contributed by atoms with van der Waals surface area (Å²) in [5, 5.41) is 7.32. The molecule has 3 N–H and O–H groups in total. The second-order valence-corrected chi connectivity index (χ2v) is 3.49. The minimum atomic E-state index is 0.217. The number of hydrogen-bond donors (Lipinski definition) is 2. The monoisotopic (exact) mass is 184 g/mol. The van der Waals surface area contributed by atoms with Gasteiger partial charge < -0.3 is 10.6 Å². The van der Waals surface area contributed by atoms with Crippen molar-refractivity contribution in [2.75, 3.05) is 26.2 Å². The van der Waals surface area contributed by atoms with E-state index >= 15 is 0 Å². The topological polar surface area (TPSA) is 56.4 Å². The van der Waals surface area contributed by atoms with E-state index in [0.717, 1.165) is 32.6 Å². The number of likely N-dealkylation sites (N-methyl/N-ethyl adjacent to an activating group) is 1. The summed E-state index contributed by atoms with van der Waals surface area (Å²) in [4.78, 5) is 4.38. The minimum absolute atomic E-state index is 0.217. The van der Waals surface area contributed by atoms with Crippen LogP contribution in [0.4, 0.5) is 0 Å². The van der Waals surface area contributed by atoms with Gasteiger partial charge in [-0.2, -0.15) is 0 Å². The van der Waals surface area contributed by atoms with Gasteiger partial charge in [-0.05, 0) is 19.5 Å². The molecule has 4 nitrogen and oxygen atoms in total. The van der Waals surface area contributed by atoms with Gasteiger partial charge in [-0.25, -0.2) is 0 Å². The fraction of sp³-hybridized carbons (Fsp3) is 0.889. The molecule has 0 radical (unpaired) electrons. The molecule has 1 fully saturated rings. The summed E-state index contributed by atoms with van der Waals surface area (Å²) in [5.74, 6) is 0.217. The van der Waals surface area contributed by atoms with Gasteiger partial charge in [-0.3, -0.25) is 10.3 Å². The molecule has 0 aliphatic carbocycles. The van der Waals surface area contributed by atoms with Crippen LogP contribution in [0.1, 0.15) is 20.3 Å². The molecule has 1 saturated heterocycles. The molecular weight excluding hydrogens is 164 g/mol. The molecule has 1 heterocycles. The largest absolute Gasteiger partial charge is 0.370 e. The lowest BCUT2D eigenvalue weighted by atomic mass is 10.2. The van der Waals surface area contributed by atoms with Gasteiger partial charge in [0.1, 0.15) is 0 Å². The predicted octanol–water partition coefficient (Wildman–Crippen LogP) is 0.296. The van der Waals surface area contributed by atoms with Gasteiger partial charge in [0.2, 0.25) is 0 Å². The summed E-state index contributed by atoms with van der Waals surface area (Å²) in [6.07, 6.45) is 1.14. The Morgan fingerprint density at radius 2 is 2.15 bits per heavy atom. The Bertz CT molecular complexity index is 176. The third-order valence-electron chi connectivity index (χ3n) is 2.83. The number of guanidine groups is 1. The van der Waals surface area contributed by atoms with Crippen molar-refractivity contribution >= 4 is 5.96 Å². The molecule has 0 spiro atoms. The van der Waals surface area contributed by atoms with E-state index in [1.165, 1.54) is 0 Å². The third kappa shape index (κ3) is 2.34. The van der Waals surface area contributed by atoms with Crippen LogP contribution in [-0.4, -0.2) is 48.0 Å². The molecule has 76 valence electrons. The van der Waals surface area contributed by atoms with Gasteiger partial charge in [0.15, 0.2) is 5.96 Å². The van der Waals surface area contributed by atoms with Crippen molar-refractivity contribution in [3.8, 4) is 0 Å². The van der Waals surface area contributed by atoms with E-state index in [1.54, 1.807) is 0 Å². The summed E-state index contributed by atoms with van der Waals surface area (Å²) >= 11 is 0. The Morgan fingerprint density at radius 3 is 2.54 bits per heavy atom. The molecular formula is C9H20N4. The second-order valence-electron chi connectivity index (χ2n) is 3.49. The SMILES string of the molecule is CCN(CC)C1CCN(C(=N)N)C1. The lowest BCUT2D eigenvalue weighted by molar-refractivity contribution is 0.223. The highest BCUT2D eigenvalue weighted by molar-refractivity contribution is 5.74. The normalized spacial score (nSPS) is 22.7. The van der Waals surface area contributed by atoms with Crippen LogP contribution in [0.5, 0.6) is 0 Å². The number of likely N-dealkylation sites (tertiary alicyclic amines) is 1. The van der Waals surface area contributed by atoms with E-state index in [4.69, 9.17) is 11.1 Å². The number of rotatable bonds is 3. The quantitative estimate of drug-likeness (QED) is 0.490. The molecule has 0 saturated carbocycles. The van der Waals surface area contributed by atoms with Crippen LogP contribution in [0.15, 0.2) is 0 Å². The number of nitrogens with two attached hydrogens (primary N) is 1. The van der Waals surface area contributed by atoms with Crippen molar-refractivity contribution in [2.45, 2.75) is 26.3 Å². The maximum absolute atomic E-state index is 7.32. The molecule has 1 atom stereocenters. The van der Waals surface area contributed by atoms with Crippen molar-refractivity contribution in [1.29, 1.82) is 5.41 Å². The Labute approximate surface area is 80.2 Å². The minimum Gasteiger partial charge on any atom is -0.370 e. The van der Waals surface area contributed by atoms with Gasteiger partial charge in [-0.15, -0.1) is 0 Å². The van der Waals surface area contributed by atoms with Gasteiger partial charge >= 0.3 is 0 Å². The lowest BCUT2D eigenvalue weighted by Crippen LogP contribution is -2.40. The first-order valence-corrected chi connectivity index (χ1v) is 5.02. The summed E-state index contributed by atoms with van der Waals surface area (Å²) < 4.78 is 0. The smallest absolute Gasteiger partial charge is 0.188 e. The Hall–Kier alpha value is -0.770. The first-order chi connectivity index (χ1) is 6.19. The maximum Gasteiger partial charge on any atom is 0.188 e. The maximum atomic E-state index is 7.32. The van der Waals surface area contributed by atoms with E-state index in [0.29, 0.717) is 6.04 Å². The van der Waals surface area contributed by atoms with Crippen LogP contribution >= 0.6 is 0 Å². The Balaban J connectivity index is 2.43. The highest BCUT2D eigenvalue weighted by Crippen LogP contribution is 2.14. The van der Waals surface area contributed by atoms with Crippen molar-refractivity contribution in [1.82, 2.24) is 9.80 Å². The van der Waals surface area contributed by atoms with E-state index in [9.17, 15) is 0 Å². The number of nitrogens with one attached hydrogen (secondary N) is 1. The third-order valence-corrected chi connectivity index (χ3v) is 2.83. The molecule has 1 rings (SSSR count). The molecule has 1 aliphatic rings. The molecule has 1 aliphatic heterocycles. The molecule has 4 heteroatoms. The fourth-order valence-electron chi connectivity index (χ4n) is 2.00. The van der Waals surface area contributed by atoms with Crippen molar-refractivity contribution < 1.29 is 0 Å². The standard InChI is InChI=1S/C9H20N4/c1-3-12(4-2)8-5-6-13(7-8)9(10)11/h8H,3-7H2,1-2H3,(H3,10,11). The van der Waals surface area contributed by atoms with Crippen LogP contribution in [0.25, 0.3) is 0 Å². The summed E-state index contributed by atoms with van der Waals surface area (Å²) in [6.45, 7) is 8.41. The zero-order chi connectivity index (χ0) is 9.84. The van der Waals surface area contributed by atoms with Gasteiger partial charge in [0, 0.05) is 19.1 Å². The molecule has 1 unspecified atom stereocenters. The number of nitrogens with zero attached hydrogens (tertiary/aromatic N) is 2. The Kier molecular flexibility index (Phi) is 3.54. The zero-order valence-electron chi connectivity index (χ0n) is 8.58. The molecule has 0 aromatic carbocycles. The zero-order valence-corrected chi connectivity index (χ0v) is 8.58. The van der Waals surface area contributed by atoms with E-state index in [-0.39, 0.29) is 5.96 Å². The lowest BCUT2D eigenvalue weighted by Gasteiger charge is -2.26. The molecule has 0 amide bonds. The molecule has 13 heavy (non-hydrogen) atoms. The summed E-state index contributed by atoms with van der Waals surface area (Å²) in [5.41, 5.74) is 5.43. The van der Waals surface area contributed by atoms with Gasteiger partial charge in [-0.1, -0.05) is 13.8 Å². The van der Waals surface area contributed by atoms with Crippen molar-refractivity contribution in [2.24, 2.45) is 5.73 Å².